The van der Waals surface area contributed by atoms with Crippen molar-refractivity contribution < 1.29 is 19.2 Å². The van der Waals surface area contributed by atoms with Crippen LogP contribution in [-0.2, 0) is 19.2 Å². The van der Waals surface area contributed by atoms with E-state index in [0.29, 0.717) is 19.4 Å². The van der Waals surface area contributed by atoms with Crippen molar-refractivity contribution in [1.82, 2.24) is 16.0 Å². The first-order chi connectivity index (χ1) is 10.2. The summed E-state index contributed by atoms with van der Waals surface area (Å²) >= 11 is 0. The summed E-state index contributed by atoms with van der Waals surface area (Å²) in [4.78, 5) is 45.1. The average Bonchev–Trinajstić information content (AvgIpc) is 2.38. The number of ketones is 2. The third-order valence-electron chi connectivity index (χ3n) is 2.67. The van der Waals surface area contributed by atoms with Gasteiger partial charge in [0.15, 0.2) is 11.7 Å². The zero-order valence-corrected chi connectivity index (χ0v) is 12.8. The standard InChI is InChI=1S/C13H23N5O4/c1-8(19)6-11(21)17-7-12(22)18-10(9(2)20)4-3-5-16-13(14)15/h10H,3-7H2,1-2H3,(H,17,21)(H,18,22)(H4,14,15,16)/t10-/m0/s1. The van der Waals surface area contributed by atoms with Crippen LogP contribution in [0.4, 0.5) is 0 Å². The van der Waals surface area contributed by atoms with Crippen LogP contribution >= 0.6 is 0 Å². The lowest BCUT2D eigenvalue weighted by Crippen LogP contribution is -2.45. The zero-order chi connectivity index (χ0) is 17.1. The minimum Gasteiger partial charge on any atom is -0.370 e. The van der Waals surface area contributed by atoms with Crippen molar-refractivity contribution >= 4 is 29.3 Å². The molecule has 0 radical (unpaired) electrons. The van der Waals surface area contributed by atoms with E-state index in [4.69, 9.17) is 11.1 Å². The molecule has 0 rings (SSSR count). The monoisotopic (exact) mass is 313 g/mol. The topological polar surface area (TPSA) is 154 Å². The number of carbonyl (C=O) groups excluding carboxylic acids is 4. The molecular formula is C13H23N5O4. The summed E-state index contributed by atoms with van der Waals surface area (Å²) in [5, 5.41) is 14.4. The van der Waals surface area contributed by atoms with Gasteiger partial charge in [-0.25, -0.2) is 0 Å². The molecule has 124 valence electrons. The van der Waals surface area contributed by atoms with Gasteiger partial charge in [-0.2, -0.15) is 0 Å². The van der Waals surface area contributed by atoms with Gasteiger partial charge in [0.05, 0.1) is 19.0 Å². The van der Waals surface area contributed by atoms with Crippen molar-refractivity contribution in [3.63, 3.8) is 0 Å². The summed E-state index contributed by atoms with van der Waals surface area (Å²) in [5.41, 5.74) is 5.12. The van der Waals surface area contributed by atoms with E-state index in [-0.39, 0.29) is 30.5 Å². The van der Waals surface area contributed by atoms with Gasteiger partial charge in [-0.3, -0.25) is 24.6 Å². The number of hydrogen-bond acceptors (Lipinski definition) is 5. The largest absolute Gasteiger partial charge is 0.370 e. The smallest absolute Gasteiger partial charge is 0.239 e. The molecule has 0 spiro atoms. The van der Waals surface area contributed by atoms with Crippen molar-refractivity contribution in [1.29, 1.82) is 5.41 Å². The molecule has 0 bridgehead atoms. The third kappa shape index (κ3) is 10.4. The molecule has 9 nitrogen and oxygen atoms in total. The summed E-state index contributed by atoms with van der Waals surface area (Å²) in [6.07, 6.45) is 0.656. The van der Waals surface area contributed by atoms with Gasteiger partial charge in [-0.15, -0.1) is 0 Å². The fourth-order valence-electron chi connectivity index (χ4n) is 1.62. The molecule has 6 N–H and O–H groups in total. The molecule has 0 aromatic heterocycles. The number of amides is 2. The molecule has 0 aliphatic heterocycles. The Bertz CT molecular complexity index is 450. The lowest BCUT2D eigenvalue weighted by molar-refractivity contribution is -0.130. The van der Waals surface area contributed by atoms with Crippen LogP contribution in [0.25, 0.3) is 0 Å². The average molecular weight is 313 g/mol. The van der Waals surface area contributed by atoms with Gasteiger partial charge in [-0.05, 0) is 26.7 Å². The van der Waals surface area contributed by atoms with Crippen LogP contribution in [0, 0.1) is 5.41 Å². The highest BCUT2D eigenvalue weighted by Crippen LogP contribution is 1.98. The first kappa shape index (κ1) is 19.6. The Kier molecular flexibility index (Phi) is 9.15. The fourth-order valence-corrected chi connectivity index (χ4v) is 1.62. The molecule has 0 aliphatic carbocycles. The Labute approximate surface area is 128 Å². The predicted octanol–water partition coefficient (Wildman–Crippen LogP) is -1.58. The van der Waals surface area contributed by atoms with Gasteiger partial charge >= 0.3 is 0 Å². The molecule has 0 aromatic rings. The molecular weight excluding hydrogens is 290 g/mol. The van der Waals surface area contributed by atoms with E-state index in [9.17, 15) is 19.2 Å². The van der Waals surface area contributed by atoms with Crippen molar-refractivity contribution in [2.75, 3.05) is 13.1 Å². The molecule has 0 aliphatic rings. The second-order valence-electron chi connectivity index (χ2n) is 4.87. The van der Waals surface area contributed by atoms with Crippen LogP contribution in [0.2, 0.25) is 0 Å². The number of nitrogens with two attached hydrogens (primary N) is 1. The first-order valence-electron chi connectivity index (χ1n) is 6.86. The maximum absolute atomic E-state index is 11.7. The maximum atomic E-state index is 11.7. The van der Waals surface area contributed by atoms with Crippen molar-refractivity contribution in [3.05, 3.63) is 0 Å². The lowest BCUT2D eigenvalue weighted by atomic mass is 10.1. The lowest BCUT2D eigenvalue weighted by Gasteiger charge is -2.16. The van der Waals surface area contributed by atoms with E-state index in [2.05, 4.69) is 16.0 Å². The number of rotatable bonds is 10. The highest BCUT2D eigenvalue weighted by molar-refractivity contribution is 5.98. The summed E-state index contributed by atoms with van der Waals surface area (Å²) < 4.78 is 0. The molecule has 22 heavy (non-hydrogen) atoms. The first-order valence-corrected chi connectivity index (χ1v) is 6.86. The van der Waals surface area contributed by atoms with E-state index in [0.717, 1.165) is 0 Å². The van der Waals surface area contributed by atoms with Crippen LogP contribution in [-0.4, -0.2) is 48.5 Å². The summed E-state index contributed by atoms with van der Waals surface area (Å²) in [5.74, 6) is -1.69. The van der Waals surface area contributed by atoms with E-state index in [1.165, 1.54) is 13.8 Å². The minimum absolute atomic E-state index is 0.156. The van der Waals surface area contributed by atoms with Crippen LogP contribution in [0.3, 0.4) is 0 Å². The molecule has 1 atom stereocenters. The SMILES string of the molecule is CC(=O)CC(=O)NCC(=O)N[C@@H](CCCNC(=N)N)C(C)=O. The maximum Gasteiger partial charge on any atom is 0.239 e. The number of hydrogen-bond donors (Lipinski definition) is 5. The van der Waals surface area contributed by atoms with E-state index >= 15 is 0 Å². The zero-order valence-electron chi connectivity index (χ0n) is 12.8. The van der Waals surface area contributed by atoms with Gasteiger partial charge in [0, 0.05) is 6.54 Å². The fraction of sp³-hybridized carbons (Fsp3) is 0.615. The van der Waals surface area contributed by atoms with Gasteiger partial charge in [0.25, 0.3) is 0 Å². The van der Waals surface area contributed by atoms with Crippen LogP contribution in [0.1, 0.15) is 33.1 Å². The molecule has 0 heterocycles. The molecule has 0 unspecified atom stereocenters. The highest BCUT2D eigenvalue weighted by Gasteiger charge is 2.17. The van der Waals surface area contributed by atoms with Gasteiger partial charge in [0.2, 0.25) is 11.8 Å². The van der Waals surface area contributed by atoms with Gasteiger partial charge < -0.3 is 21.7 Å². The molecule has 9 heteroatoms. The Morgan fingerprint density at radius 3 is 2.23 bits per heavy atom. The molecule has 0 aromatic carbocycles. The minimum atomic E-state index is -0.661. The van der Waals surface area contributed by atoms with Crippen LogP contribution in [0.5, 0.6) is 0 Å². The molecule has 0 saturated carbocycles. The number of guanidine groups is 1. The Morgan fingerprint density at radius 1 is 1.09 bits per heavy atom. The highest BCUT2D eigenvalue weighted by atomic mass is 16.2. The van der Waals surface area contributed by atoms with E-state index in [1.807, 2.05) is 0 Å². The summed E-state index contributed by atoms with van der Waals surface area (Å²) in [6.45, 7) is 2.77. The summed E-state index contributed by atoms with van der Waals surface area (Å²) in [6, 6.07) is -0.661. The van der Waals surface area contributed by atoms with Crippen LogP contribution in [0.15, 0.2) is 0 Å². The third-order valence-corrected chi connectivity index (χ3v) is 2.67. The Morgan fingerprint density at radius 2 is 1.73 bits per heavy atom. The van der Waals surface area contributed by atoms with Crippen molar-refractivity contribution in [2.45, 2.75) is 39.2 Å². The predicted molar refractivity (Wildman–Crippen MR) is 80.1 cm³/mol. The molecule has 0 saturated heterocycles. The second-order valence-corrected chi connectivity index (χ2v) is 4.87. The Balaban J connectivity index is 4.13. The number of Topliss-reactive ketones (excluding diaryl/α,β-unsaturated/α-hetero) is 2. The van der Waals surface area contributed by atoms with Crippen molar-refractivity contribution in [2.24, 2.45) is 5.73 Å². The number of nitrogens with one attached hydrogen (secondary N) is 4. The number of carbonyl (C=O) groups is 4. The van der Waals surface area contributed by atoms with Crippen molar-refractivity contribution in [3.8, 4) is 0 Å². The second kappa shape index (κ2) is 10.3. The van der Waals surface area contributed by atoms with Gasteiger partial charge in [-0.1, -0.05) is 0 Å². The van der Waals surface area contributed by atoms with E-state index < -0.39 is 17.9 Å². The Hall–Kier alpha value is -2.45. The van der Waals surface area contributed by atoms with Gasteiger partial charge in [0.1, 0.15) is 5.78 Å². The quantitative estimate of drug-likeness (QED) is 0.142. The summed E-state index contributed by atoms with van der Waals surface area (Å²) in [7, 11) is 0. The van der Waals surface area contributed by atoms with Crippen LogP contribution < -0.4 is 21.7 Å². The molecule has 2 amide bonds. The van der Waals surface area contributed by atoms with E-state index in [1.54, 1.807) is 0 Å². The molecule has 0 fully saturated rings. The normalized spacial score (nSPS) is 11.2.